The molecule has 0 aliphatic heterocycles. The highest BCUT2D eigenvalue weighted by Gasteiger charge is 2.20. The molecule has 0 aliphatic rings. The average molecular weight is 471 g/mol. The second-order valence-electron chi connectivity index (χ2n) is 9.80. The number of carboxylic acids is 1. The summed E-state index contributed by atoms with van der Waals surface area (Å²) >= 11 is 0. The van der Waals surface area contributed by atoms with Crippen LogP contribution in [0, 0.1) is 0 Å². The van der Waals surface area contributed by atoms with Gasteiger partial charge in [0.15, 0.2) is 0 Å². The molecule has 0 heterocycles. The lowest BCUT2D eigenvalue weighted by atomic mass is 10.0. The van der Waals surface area contributed by atoms with Crippen molar-refractivity contribution in [3.63, 3.8) is 0 Å². The number of carbonyl (C=O) groups is 2. The minimum Gasteiger partial charge on any atom is -0.481 e. The highest BCUT2D eigenvalue weighted by Crippen LogP contribution is 2.16. The summed E-state index contributed by atoms with van der Waals surface area (Å²) in [6.45, 7) is 4.44. The van der Waals surface area contributed by atoms with Crippen LogP contribution in [-0.4, -0.2) is 34.4 Å². The molecule has 0 rings (SSSR count). The minimum atomic E-state index is -0.945. The van der Waals surface area contributed by atoms with Gasteiger partial charge in [-0.25, -0.2) is 0 Å². The van der Waals surface area contributed by atoms with Crippen LogP contribution in [0.5, 0.6) is 0 Å². The Bertz CT molecular complexity index is 452. The third kappa shape index (κ3) is 23.8. The Labute approximate surface area is 204 Å². The van der Waals surface area contributed by atoms with Crippen LogP contribution in [0.2, 0.25) is 0 Å². The van der Waals surface area contributed by atoms with Crippen LogP contribution < -0.4 is 0 Å². The van der Waals surface area contributed by atoms with Gasteiger partial charge < -0.3 is 14.9 Å². The van der Waals surface area contributed by atoms with E-state index in [4.69, 9.17) is 9.84 Å². The highest BCUT2D eigenvalue weighted by molar-refractivity contribution is 5.71. The molecule has 0 aliphatic carbocycles. The van der Waals surface area contributed by atoms with E-state index in [9.17, 15) is 14.7 Å². The SMILES string of the molecule is CCCCCCCCCCCCCC(CC(=O)O)OC(=O)CC(O)CCCCCCCCC. The van der Waals surface area contributed by atoms with Gasteiger partial charge in [-0.2, -0.15) is 0 Å². The van der Waals surface area contributed by atoms with Crippen LogP contribution >= 0.6 is 0 Å². The molecule has 5 heteroatoms. The zero-order valence-electron chi connectivity index (χ0n) is 21.8. The Morgan fingerprint density at radius 2 is 1.00 bits per heavy atom. The molecule has 5 nitrogen and oxygen atoms in total. The molecular formula is C28H54O5. The predicted octanol–water partition coefficient (Wildman–Crippen LogP) is 7.97. The summed E-state index contributed by atoms with van der Waals surface area (Å²) in [4.78, 5) is 23.3. The first-order chi connectivity index (χ1) is 16.0. The maximum absolute atomic E-state index is 12.2. The average Bonchev–Trinajstić information content (AvgIpc) is 2.76. The summed E-state index contributed by atoms with van der Waals surface area (Å²) < 4.78 is 5.42. The molecule has 0 bridgehead atoms. The molecule has 0 amide bonds. The van der Waals surface area contributed by atoms with Crippen LogP contribution in [0.3, 0.4) is 0 Å². The smallest absolute Gasteiger partial charge is 0.308 e. The molecule has 2 atom stereocenters. The Hall–Kier alpha value is -1.10. The normalized spacial score (nSPS) is 13.1. The summed E-state index contributed by atoms with van der Waals surface area (Å²) in [6, 6.07) is 0. The standard InChI is InChI=1S/C28H54O5/c1-3-5-7-9-11-12-13-14-16-18-20-22-26(24-27(30)31)33-28(32)23-25(29)21-19-17-15-10-8-6-4-2/h25-26,29H,3-24H2,1-2H3,(H,30,31). The van der Waals surface area contributed by atoms with Gasteiger partial charge in [-0.3, -0.25) is 9.59 Å². The van der Waals surface area contributed by atoms with E-state index in [2.05, 4.69) is 13.8 Å². The monoisotopic (exact) mass is 470 g/mol. The maximum Gasteiger partial charge on any atom is 0.308 e. The summed E-state index contributed by atoms with van der Waals surface area (Å²) in [7, 11) is 0. The van der Waals surface area contributed by atoms with Crippen molar-refractivity contribution in [2.24, 2.45) is 0 Å². The molecule has 0 saturated heterocycles. The van der Waals surface area contributed by atoms with Crippen molar-refractivity contribution in [1.82, 2.24) is 0 Å². The lowest BCUT2D eigenvalue weighted by molar-refractivity contribution is -0.155. The van der Waals surface area contributed by atoms with Crippen molar-refractivity contribution in [2.75, 3.05) is 0 Å². The first-order valence-electron chi connectivity index (χ1n) is 14.1. The third-order valence-electron chi connectivity index (χ3n) is 6.37. The first kappa shape index (κ1) is 31.9. The molecule has 0 aromatic heterocycles. The zero-order valence-corrected chi connectivity index (χ0v) is 21.8. The van der Waals surface area contributed by atoms with Crippen molar-refractivity contribution in [3.05, 3.63) is 0 Å². The topological polar surface area (TPSA) is 83.8 Å². The molecule has 0 aromatic rings. The van der Waals surface area contributed by atoms with E-state index in [1.165, 1.54) is 83.5 Å². The van der Waals surface area contributed by atoms with E-state index >= 15 is 0 Å². The van der Waals surface area contributed by atoms with Crippen LogP contribution in [0.4, 0.5) is 0 Å². The predicted molar refractivity (Wildman–Crippen MR) is 136 cm³/mol. The van der Waals surface area contributed by atoms with Gasteiger partial charge >= 0.3 is 11.9 Å². The number of hydrogen-bond acceptors (Lipinski definition) is 4. The molecule has 0 aromatic carbocycles. The molecule has 0 saturated carbocycles. The van der Waals surface area contributed by atoms with Gasteiger partial charge in [-0.1, -0.05) is 123 Å². The Balaban J connectivity index is 3.88. The summed E-state index contributed by atoms with van der Waals surface area (Å²) in [5.41, 5.74) is 0. The molecule has 2 unspecified atom stereocenters. The number of esters is 1. The van der Waals surface area contributed by atoms with Crippen LogP contribution in [-0.2, 0) is 14.3 Å². The largest absolute Gasteiger partial charge is 0.481 e. The summed E-state index contributed by atoms with van der Waals surface area (Å²) in [6.07, 6.45) is 21.5. The number of rotatable bonds is 25. The van der Waals surface area contributed by atoms with Crippen molar-refractivity contribution >= 4 is 11.9 Å². The number of aliphatic carboxylic acids is 1. The zero-order chi connectivity index (χ0) is 24.6. The van der Waals surface area contributed by atoms with E-state index in [1.807, 2.05) is 0 Å². The number of unbranched alkanes of at least 4 members (excludes halogenated alkanes) is 16. The molecule has 2 N–H and O–H groups in total. The molecule has 0 spiro atoms. The molecule has 0 fully saturated rings. The lowest BCUT2D eigenvalue weighted by Crippen LogP contribution is -2.24. The quantitative estimate of drug-likeness (QED) is 0.104. The van der Waals surface area contributed by atoms with Crippen molar-refractivity contribution in [2.45, 2.75) is 167 Å². The van der Waals surface area contributed by atoms with Crippen LogP contribution in [0.1, 0.15) is 155 Å². The highest BCUT2D eigenvalue weighted by atomic mass is 16.5. The van der Waals surface area contributed by atoms with Crippen molar-refractivity contribution in [1.29, 1.82) is 0 Å². The van der Waals surface area contributed by atoms with Crippen LogP contribution in [0.15, 0.2) is 0 Å². The Kier molecular flexibility index (Phi) is 23.2. The third-order valence-corrected chi connectivity index (χ3v) is 6.37. The molecule has 0 radical (unpaired) electrons. The van der Waals surface area contributed by atoms with Crippen molar-refractivity contribution < 1.29 is 24.5 Å². The molecule has 33 heavy (non-hydrogen) atoms. The van der Waals surface area contributed by atoms with Gasteiger partial charge in [0.1, 0.15) is 6.10 Å². The number of aliphatic hydroxyl groups is 1. The Morgan fingerprint density at radius 1 is 0.606 bits per heavy atom. The summed E-state index contributed by atoms with van der Waals surface area (Å²) in [5.74, 6) is -1.42. The van der Waals surface area contributed by atoms with E-state index < -0.39 is 24.1 Å². The first-order valence-corrected chi connectivity index (χ1v) is 14.1. The lowest BCUT2D eigenvalue weighted by Gasteiger charge is -2.17. The number of hydrogen-bond donors (Lipinski definition) is 2. The fourth-order valence-electron chi connectivity index (χ4n) is 4.30. The number of aliphatic hydroxyl groups excluding tert-OH is 1. The molecular weight excluding hydrogens is 416 g/mol. The van der Waals surface area contributed by atoms with Gasteiger partial charge in [0, 0.05) is 0 Å². The second kappa shape index (κ2) is 24.0. The van der Waals surface area contributed by atoms with Gasteiger partial charge in [-0.05, 0) is 19.3 Å². The molecule has 196 valence electrons. The van der Waals surface area contributed by atoms with E-state index in [0.717, 1.165) is 32.1 Å². The van der Waals surface area contributed by atoms with Gasteiger partial charge in [0.2, 0.25) is 0 Å². The van der Waals surface area contributed by atoms with E-state index in [1.54, 1.807) is 0 Å². The summed E-state index contributed by atoms with van der Waals surface area (Å²) in [5, 5.41) is 19.3. The number of carboxylic acid groups (broad SMARTS) is 1. The van der Waals surface area contributed by atoms with Gasteiger partial charge in [0.05, 0.1) is 18.9 Å². The maximum atomic E-state index is 12.2. The fraction of sp³-hybridized carbons (Fsp3) is 0.929. The Morgan fingerprint density at radius 3 is 1.42 bits per heavy atom. The van der Waals surface area contributed by atoms with Gasteiger partial charge in [-0.15, -0.1) is 0 Å². The van der Waals surface area contributed by atoms with E-state index in [-0.39, 0.29) is 12.8 Å². The fourth-order valence-corrected chi connectivity index (χ4v) is 4.30. The van der Waals surface area contributed by atoms with Gasteiger partial charge in [0.25, 0.3) is 0 Å². The number of ether oxygens (including phenoxy) is 1. The second-order valence-corrected chi connectivity index (χ2v) is 9.80. The van der Waals surface area contributed by atoms with Crippen LogP contribution in [0.25, 0.3) is 0 Å². The number of carbonyl (C=O) groups excluding carboxylic acids is 1. The van der Waals surface area contributed by atoms with E-state index in [0.29, 0.717) is 12.8 Å². The minimum absolute atomic E-state index is 0.0375. The van der Waals surface area contributed by atoms with Crippen molar-refractivity contribution in [3.8, 4) is 0 Å².